The number of ether oxygens (including phenoxy) is 2. The largest absolute Gasteiger partial charge is 0.492 e. The van der Waals surface area contributed by atoms with Gasteiger partial charge in [0.15, 0.2) is 5.76 Å². The van der Waals surface area contributed by atoms with Crippen LogP contribution in [0.3, 0.4) is 0 Å². The van der Waals surface area contributed by atoms with Gasteiger partial charge in [-0.05, 0) is 56.8 Å². The van der Waals surface area contributed by atoms with E-state index in [0.29, 0.717) is 44.8 Å². The van der Waals surface area contributed by atoms with Gasteiger partial charge in [-0.2, -0.15) is 9.97 Å². The van der Waals surface area contributed by atoms with E-state index in [1.54, 1.807) is 4.90 Å². The predicted molar refractivity (Wildman–Crippen MR) is 172 cm³/mol. The Labute approximate surface area is 259 Å². The second-order valence-corrected chi connectivity index (χ2v) is 12.0. The van der Waals surface area contributed by atoms with Crippen molar-refractivity contribution in [3.8, 4) is 6.01 Å². The molecular formula is C34H41N7O3. The van der Waals surface area contributed by atoms with E-state index >= 15 is 0 Å². The summed E-state index contributed by atoms with van der Waals surface area (Å²) in [5.74, 6) is 0.673. The summed E-state index contributed by atoms with van der Waals surface area (Å²) < 4.78 is 11.4. The zero-order valence-electron chi connectivity index (χ0n) is 26.0. The number of fused-ring (bicyclic) bond motifs is 2. The van der Waals surface area contributed by atoms with E-state index in [9.17, 15) is 4.79 Å². The topological polar surface area (TPSA) is 78.6 Å². The molecule has 0 saturated carbocycles. The molecule has 230 valence electrons. The highest BCUT2D eigenvalue weighted by atomic mass is 16.5. The minimum atomic E-state index is -0.304. The summed E-state index contributed by atoms with van der Waals surface area (Å²) in [6.07, 6.45) is 3.05. The number of piperazine rings is 1. The zero-order valence-corrected chi connectivity index (χ0v) is 26.0. The van der Waals surface area contributed by atoms with Crippen LogP contribution >= 0.6 is 0 Å². The van der Waals surface area contributed by atoms with Gasteiger partial charge in [-0.3, -0.25) is 4.79 Å². The third-order valence-corrected chi connectivity index (χ3v) is 9.36. The van der Waals surface area contributed by atoms with Gasteiger partial charge in [-0.1, -0.05) is 36.9 Å². The summed E-state index contributed by atoms with van der Waals surface area (Å²) in [7, 11) is 3.59. The Bertz CT molecular complexity index is 1600. The van der Waals surface area contributed by atoms with Crippen molar-refractivity contribution in [3.63, 3.8) is 0 Å². The lowest BCUT2D eigenvalue weighted by Gasteiger charge is -2.41. The lowest BCUT2D eigenvalue weighted by atomic mass is 9.99. The van der Waals surface area contributed by atoms with Gasteiger partial charge in [0, 0.05) is 48.9 Å². The van der Waals surface area contributed by atoms with Gasteiger partial charge in [-0.15, -0.1) is 0 Å². The van der Waals surface area contributed by atoms with Crippen molar-refractivity contribution < 1.29 is 14.3 Å². The van der Waals surface area contributed by atoms with E-state index < -0.39 is 0 Å². The van der Waals surface area contributed by atoms with Gasteiger partial charge in [0.05, 0.1) is 19.3 Å². The highest BCUT2D eigenvalue weighted by Crippen LogP contribution is 2.36. The zero-order chi connectivity index (χ0) is 30.8. The molecule has 0 bridgehead atoms. The van der Waals surface area contributed by atoms with E-state index in [4.69, 9.17) is 26.0 Å². The monoisotopic (exact) mass is 595 g/mol. The maximum absolute atomic E-state index is 13.0. The van der Waals surface area contributed by atoms with Crippen LogP contribution in [-0.2, 0) is 22.5 Å². The Morgan fingerprint density at radius 3 is 2.66 bits per heavy atom. The quantitative estimate of drug-likeness (QED) is 0.219. The number of methoxy groups -OCH3 is 1. The Balaban J connectivity index is 1.33. The first-order chi connectivity index (χ1) is 21.4. The minimum Gasteiger partial charge on any atom is -0.492 e. The summed E-state index contributed by atoms with van der Waals surface area (Å²) in [5.41, 5.74) is 4.55. The van der Waals surface area contributed by atoms with Crippen molar-refractivity contribution in [2.24, 2.45) is 0 Å². The minimum absolute atomic E-state index is 0.0872. The molecule has 3 aliphatic rings. The first-order valence-electron chi connectivity index (χ1n) is 15.5. The van der Waals surface area contributed by atoms with Crippen molar-refractivity contribution in [1.29, 1.82) is 0 Å². The maximum Gasteiger partial charge on any atom is 0.318 e. The third kappa shape index (κ3) is 5.76. The van der Waals surface area contributed by atoms with Crippen LogP contribution in [0.4, 0.5) is 11.5 Å². The first kappa shape index (κ1) is 29.7. The van der Waals surface area contributed by atoms with Gasteiger partial charge in [0.2, 0.25) is 6.54 Å². The highest BCUT2D eigenvalue weighted by molar-refractivity contribution is 5.97. The Morgan fingerprint density at radius 1 is 1.09 bits per heavy atom. The van der Waals surface area contributed by atoms with Crippen molar-refractivity contribution in [3.05, 3.63) is 77.0 Å². The molecule has 0 aliphatic carbocycles. The van der Waals surface area contributed by atoms with Gasteiger partial charge in [0.25, 0.3) is 5.91 Å². The van der Waals surface area contributed by atoms with Crippen molar-refractivity contribution >= 4 is 28.2 Å². The summed E-state index contributed by atoms with van der Waals surface area (Å²) in [6, 6.07) is 13.4. The number of likely N-dealkylation sites (N-methyl/N-ethyl adjacent to an activating group) is 1. The molecule has 0 radical (unpaired) electrons. The molecule has 2 saturated heterocycles. The molecular weight excluding hydrogens is 554 g/mol. The number of rotatable bonds is 8. The summed E-state index contributed by atoms with van der Waals surface area (Å²) in [5, 5.41) is 2.50. The SMILES string of the molecule is [C-]#[N+]C[C@H]1CN(c2nc(OC[C@@H]3CCCN3C)nc3c2CCN(c2cccc4cccc(C)c24)C3)CCN1C(=O)C(=C)OC. The Kier molecular flexibility index (Phi) is 8.58. The Morgan fingerprint density at radius 2 is 1.91 bits per heavy atom. The second kappa shape index (κ2) is 12.7. The fourth-order valence-electron chi connectivity index (χ4n) is 6.87. The van der Waals surface area contributed by atoms with Gasteiger partial charge in [-0.25, -0.2) is 6.57 Å². The van der Waals surface area contributed by atoms with E-state index in [0.717, 1.165) is 43.0 Å². The lowest BCUT2D eigenvalue weighted by Crippen LogP contribution is -2.57. The van der Waals surface area contributed by atoms with Crippen LogP contribution in [0.1, 0.15) is 29.7 Å². The number of hydrogen-bond acceptors (Lipinski definition) is 8. The van der Waals surface area contributed by atoms with Crippen LogP contribution in [0.25, 0.3) is 15.6 Å². The summed E-state index contributed by atoms with van der Waals surface area (Å²) in [4.78, 5) is 35.3. The number of hydrogen-bond donors (Lipinski definition) is 0. The number of aromatic nitrogens is 2. The molecule has 10 heteroatoms. The number of carbonyl (C=O) groups excluding carboxylic acids is 1. The molecule has 44 heavy (non-hydrogen) atoms. The number of aryl methyl sites for hydroxylation is 1. The number of carbonyl (C=O) groups is 1. The molecule has 10 nitrogen and oxygen atoms in total. The molecule has 6 rings (SSSR count). The Hall–Kier alpha value is -4.36. The van der Waals surface area contributed by atoms with E-state index in [1.807, 2.05) is 0 Å². The van der Waals surface area contributed by atoms with Crippen LogP contribution in [0.2, 0.25) is 0 Å². The van der Waals surface area contributed by atoms with E-state index in [2.05, 4.69) is 76.5 Å². The molecule has 0 spiro atoms. The normalized spacial score (nSPS) is 20.4. The highest BCUT2D eigenvalue weighted by Gasteiger charge is 2.36. The molecule has 2 aromatic carbocycles. The summed E-state index contributed by atoms with van der Waals surface area (Å²) in [6.45, 7) is 18.3. The number of likely N-dealkylation sites (tertiary alicyclic amines) is 1. The number of nitrogens with zero attached hydrogens (tertiary/aromatic N) is 7. The molecule has 3 aliphatic heterocycles. The van der Waals surface area contributed by atoms with Gasteiger partial charge < -0.3 is 33.9 Å². The van der Waals surface area contributed by atoms with Gasteiger partial charge in [0.1, 0.15) is 18.5 Å². The smallest absolute Gasteiger partial charge is 0.318 e. The van der Waals surface area contributed by atoms with Crippen molar-refractivity contribution in [2.75, 3.05) is 69.8 Å². The predicted octanol–water partition coefficient (Wildman–Crippen LogP) is 4.07. The number of benzene rings is 2. The van der Waals surface area contributed by atoms with Crippen LogP contribution in [0, 0.1) is 13.5 Å². The standard InChI is InChI=1S/C34H41N7O3/c1-23-9-6-10-25-11-7-13-30(31(23)25)39-16-14-28-29(21-39)36-34(44-22-26-12-8-15-38(26)4)37-32(28)40-17-18-41(27(20-40)19-35-3)33(42)24(2)43-5/h6-7,9-11,13,26-27H,2,8,12,14-22H2,1,4-5H3/t26-,27-/m0/s1. The molecule has 1 amide bonds. The number of anilines is 2. The average molecular weight is 596 g/mol. The van der Waals surface area contributed by atoms with Crippen molar-refractivity contribution in [1.82, 2.24) is 19.8 Å². The molecule has 2 atom stereocenters. The summed E-state index contributed by atoms with van der Waals surface area (Å²) >= 11 is 0. The first-order valence-corrected chi connectivity index (χ1v) is 15.5. The second-order valence-electron chi connectivity index (χ2n) is 12.0. The molecule has 4 heterocycles. The molecule has 2 fully saturated rings. The molecule has 1 aromatic heterocycles. The van der Waals surface area contributed by atoms with Crippen LogP contribution < -0.4 is 14.5 Å². The molecule has 3 aromatic rings. The average Bonchev–Trinajstić information content (AvgIpc) is 3.46. The van der Waals surface area contributed by atoms with E-state index in [-0.39, 0.29) is 24.3 Å². The maximum atomic E-state index is 13.0. The van der Waals surface area contributed by atoms with E-state index in [1.165, 1.54) is 35.6 Å². The molecule has 0 N–H and O–H groups in total. The fourth-order valence-corrected chi connectivity index (χ4v) is 6.87. The molecule has 0 unspecified atom stereocenters. The van der Waals surface area contributed by atoms with Crippen LogP contribution in [0.15, 0.2) is 48.7 Å². The fraction of sp³-hybridized carbons (Fsp3) is 0.471. The van der Waals surface area contributed by atoms with Gasteiger partial charge >= 0.3 is 6.01 Å². The van der Waals surface area contributed by atoms with Crippen molar-refractivity contribution in [2.45, 2.75) is 44.8 Å². The third-order valence-electron chi connectivity index (χ3n) is 9.36. The van der Waals surface area contributed by atoms with Crippen LogP contribution in [-0.4, -0.2) is 97.8 Å². The van der Waals surface area contributed by atoms with Crippen LogP contribution in [0.5, 0.6) is 6.01 Å². The number of amides is 1. The lowest BCUT2D eigenvalue weighted by molar-refractivity contribution is -0.132.